The van der Waals surface area contributed by atoms with E-state index in [2.05, 4.69) is 10.3 Å². The molecule has 0 unspecified atom stereocenters. The number of hydrogen-bond acceptors (Lipinski definition) is 3. The number of nitrogens with two attached hydrogens (primary N) is 1. The van der Waals surface area contributed by atoms with Crippen molar-refractivity contribution in [2.45, 2.75) is 26.3 Å². The van der Waals surface area contributed by atoms with Crippen molar-refractivity contribution in [1.82, 2.24) is 5.32 Å². The topological polar surface area (TPSA) is 68.9 Å². The van der Waals surface area contributed by atoms with Crippen LogP contribution in [0.3, 0.4) is 0 Å². The monoisotopic (exact) mass is 265 g/mol. The summed E-state index contributed by atoms with van der Waals surface area (Å²) in [6.07, 6.45) is 0. The normalized spacial score (nSPS) is 12.1. The molecule has 5 heteroatoms. The van der Waals surface area contributed by atoms with E-state index in [0.717, 1.165) is 11.5 Å². The highest BCUT2D eigenvalue weighted by molar-refractivity contribution is 5.78. The Balaban J connectivity index is 2.31. The van der Waals surface area contributed by atoms with E-state index < -0.39 is 0 Å². The van der Waals surface area contributed by atoms with Crippen LogP contribution >= 0.6 is 0 Å². The second-order valence-electron chi connectivity index (χ2n) is 5.17. The lowest BCUT2D eigenvalue weighted by Gasteiger charge is -2.20. The molecule has 0 radical (unpaired) electrons. The molecule has 0 saturated heterocycles. The van der Waals surface area contributed by atoms with Gasteiger partial charge in [0.05, 0.1) is 13.7 Å². The Morgan fingerprint density at radius 2 is 1.79 bits per heavy atom. The van der Waals surface area contributed by atoms with Gasteiger partial charge in [0.25, 0.3) is 0 Å². The van der Waals surface area contributed by atoms with Crippen LogP contribution in [0.5, 0.6) is 11.5 Å². The molecular weight excluding hydrogens is 242 g/mol. The summed E-state index contributed by atoms with van der Waals surface area (Å²) in [6, 6.07) is 7.43. The number of guanidine groups is 1. The number of rotatable bonds is 5. The van der Waals surface area contributed by atoms with Gasteiger partial charge in [-0.1, -0.05) is 0 Å². The summed E-state index contributed by atoms with van der Waals surface area (Å²) < 4.78 is 10.6. The number of nitrogens with zero attached hydrogens (tertiary/aromatic N) is 1. The van der Waals surface area contributed by atoms with Gasteiger partial charge in [0.1, 0.15) is 18.1 Å². The van der Waals surface area contributed by atoms with E-state index in [-0.39, 0.29) is 5.54 Å². The molecule has 1 rings (SSSR count). The summed E-state index contributed by atoms with van der Waals surface area (Å²) in [5.74, 6) is 2.04. The van der Waals surface area contributed by atoms with E-state index in [4.69, 9.17) is 15.2 Å². The summed E-state index contributed by atoms with van der Waals surface area (Å²) in [7, 11) is 1.63. The Morgan fingerprint density at radius 3 is 2.32 bits per heavy atom. The SMILES string of the molecule is COc1ccc(OCCN=C(N)NC(C)(C)C)cc1. The Labute approximate surface area is 114 Å². The first kappa shape index (κ1) is 15.1. The van der Waals surface area contributed by atoms with Crippen molar-refractivity contribution in [2.24, 2.45) is 10.7 Å². The minimum atomic E-state index is -0.0789. The molecule has 0 saturated carbocycles. The lowest BCUT2D eigenvalue weighted by atomic mass is 10.1. The number of hydrogen-bond donors (Lipinski definition) is 2. The van der Waals surface area contributed by atoms with Gasteiger partial charge in [-0.2, -0.15) is 0 Å². The van der Waals surface area contributed by atoms with Crippen LogP contribution in [0.25, 0.3) is 0 Å². The van der Waals surface area contributed by atoms with Crippen molar-refractivity contribution in [2.75, 3.05) is 20.3 Å². The van der Waals surface area contributed by atoms with Gasteiger partial charge in [-0.3, -0.25) is 0 Å². The van der Waals surface area contributed by atoms with Crippen molar-refractivity contribution in [3.05, 3.63) is 24.3 Å². The molecule has 0 spiro atoms. The molecule has 19 heavy (non-hydrogen) atoms. The van der Waals surface area contributed by atoms with Gasteiger partial charge in [0.2, 0.25) is 0 Å². The molecule has 0 aliphatic heterocycles. The molecule has 0 aromatic heterocycles. The molecule has 3 N–H and O–H groups in total. The molecule has 0 aliphatic carbocycles. The first-order chi connectivity index (χ1) is 8.90. The van der Waals surface area contributed by atoms with E-state index in [0.29, 0.717) is 19.1 Å². The van der Waals surface area contributed by atoms with Gasteiger partial charge in [-0.15, -0.1) is 0 Å². The maximum absolute atomic E-state index is 5.74. The maximum atomic E-state index is 5.74. The van der Waals surface area contributed by atoms with Crippen LogP contribution in [0, 0.1) is 0 Å². The Morgan fingerprint density at radius 1 is 1.21 bits per heavy atom. The average molecular weight is 265 g/mol. The predicted molar refractivity (Wildman–Crippen MR) is 77.9 cm³/mol. The number of ether oxygens (including phenoxy) is 2. The molecule has 5 nitrogen and oxygen atoms in total. The van der Waals surface area contributed by atoms with Crippen LogP contribution < -0.4 is 20.5 Å². The van der Waals surface area contributed by atoms with Crippen LogP contribution in [0.1, 0.15) is 20.8 Å². The van der Waals surface area contributed by atoms with E-state index in [9.17, 15) is 0 Å². The third-order valence-electron chi connectivity index (χ3n) is 2.20. The molecule has 0 heterocycles. The first-order valence-electron chi connectivity index (χ1n) is 6.26. The van der Waals surface area contributed by atoms with Crippen molar-refractivity contribution < 1.29 is 9.47 Å². The van der Waals surface area contributed by atoms with E-state index in [1.807, 2.05) is 45.0 Å². The maximum Gasteiger partial charge on any atom is 0.189 e. The van der Waals surface area contributed by atoms with Crippen molar-refractivity contribution >= 4 is 5.96 Å². The molecule has 0 atom stereocenters. The van der Waals surface area contributed by atoms with Crippen LogP contribution in [0.15, 0.2) is 29.3 Å². The van der Waals surface area contributed by atoms with E-state index >= 15 is 0 Å². The molecule has 1 aromatic rings. The Bertz CT molecular complexity index is 408. The zero-order chi connectivity index (χ0) is 14.3. The molecule has 0 bridgehead atoms. The summed E-state index contributed by atoms with van der Waals surface area (Å²) in [4.78, 5) is 4.19. The summed E-state index contributed by atoms with van der Waals surface area (Å²) in [6.45, 7) is 7.09. The fourth-order valence-electron chi connectivity index (χ4n) is 1.43. The lowest BCUT2D eigenvalue weighted by Crippen LogP contribution is -2.45. The highest BCUT2D eigenvalue weighted by Gasteiger charge is 2.09. The van der Waals surface area contributed by atoms with Gasteiger partial charge in [-0.05, 0) is 45.0 Å². The highest BCUT2D eigenvalue weighted by atomic mass is 16.5. The van der Waals surface area contributed by atoms with Gasteiger partial charge >= 0.3 is 0 Å². The van der Waals surface area contributed by atoms with Crippen molar-refractivity contribution in [3.63, 3.8) is 0 Å². The van der Waals surface area contributed by atoms with Gasteiger partial charge in [-0.25, -0.2) is 4.99 Å². The Kier molecular flexibility index (Phi) is 5.48. The van der Waals surface area contributed by atoms with Gasteiger partial charge in [0.15, 0.2) is 5.96 Å². The standard InChI is InChI=1S/C14H23N3O2/c1-14(2,3)17-13(15)16-9-10-19-12-7-5-11(18-4)6-8-12/h5-8H,9-10H2,1-4H3,(H3,15,16,17). The van der Waals surface area contributed by atoms with Crippen LogP contribution in [0.4, 0.5) is 0 Å². The average Bonchev–Trinajstić information content (AvgIpc) is 2.33. The van der Waals surface area contributed by atoms with Gasteiger partial charge in [0, 0.05) is 5.54 Å². The third-order valence-corrected chi connectivity index (χ3v) is 2.20. The van der Waals surface area contributed by atoms with Crippen LogP contribution in [-0.2, 0) is 0 Å². The van der Waals surface area contributed by atoms with E-state index in [1.54, 1.807) is 7.11 Å². The van der Waals surface area contributed by atoms with Crippen molar-refractivity contribution in [3.8, 4) is 11.5 Å². The first-order valence-corrected chi connectivity index (χ1v) is 6.26. The van der Waals surface area contributed by atoms with Crippen molar-refractivity contribution in [1.29, 1.82) is 0 Å². The number of benzene rings is 1. The van der Waals surface area contributed by atoms with Gasteiger partial charge < -0.3 is 20.5 Å². The zero-order valence-corrected chi connectivity index (χ0v) is 12.1. The fraction of sp³-hybridized carbons (Fsp3) is 0.500. The number of methoxy groups -OCH3 is 1. The fourth-order valence-corrected chi connectivity index (χ4v) is 1.43. The second-order valence-corrected chi connectivity index (χ2v) is 5.17. The largest absolute Gasteiger partial charge is 0.497 e. The quantitative estimate of drug-likeness (QED) is 0.484. The molecule has 0 amide bonds. The third kappa shape index (κ3) is 6.55. The minimum Gasteiger partial charge on any atom is -0.497 e. The highest BCUT2D eigenvalue weighted by Crippen LogP contribution is 2.16. The lowest BCUT2D eigenvalue weighted by molar-refractivity contribution is 0.327. The Hall–Kier alpha value is -1.91. The molecule has 1 aromatic carbocycles. The van der Waals surface area contributed by atoms with E-state index in [1.165, 1.54) is 0 Å². The molecular formula is C14H23N3O2. The number of aliphatic imine (C=N–C) groups is 1. The van der Waals surface area contributed by atoms with Crippen LogP contribution in [0.2, 0.25) is 0 Å². The summed E-state index contributed by atoms with van der Waals surface area (Å²) in [5, 5.41) is 3.09. The molecule has 106 valence electrons. The predicted octanol–water partition coefficient (Wildman–Crippen LogP) is 1.78. The summed E-state index contributed by atoms with van der Waals surface area (Å²) in [5.41, 5.74) is 5.67. The van der Waals surface area contributed by atoms with Crippen LogP contribution in [-0.4, -0.2) is 31.8 Å². The zero-order valence-electron chi connectivity index (χ0n) is 12.1. The molecule has 0 fully saturated rings. The second kappa shape index (κ2) is 6.87. The smallest absolute Gasteiger partial charge is 0.189 e. The molecule has 0 aliphatic rings. The summed E-state index contributed by atoms with van der Waals surface area (Å²) >= 11 is 0. The minimum absolute atomic E-state index is 0.0789. The number of nitrogens with one attached hydrogen (secondary N) is 1.